The monoisotopic (exact) mass is 311 g/mol. The molecule has 0 spiro atoms. The van der Waals surface area contributed by atoms with Crippen molar-refractivity contribution in [2.24, 2.45) is 10.7 Å². The third-order valence-electron chi connectivity index (χ3n) is 3.77. The molecule has 2 aromatic rings. The summed E-state index contributed by atoms with van der Waals surface area (Å²) in [5.41, 5.74) is 8.99. The van der Waals surface area contributed by atoms with Crippen molar-refractivity contribution in [3.63, 3.8) is 0 Å². The topological polar surface area (TPSA) is 68.9 Å². The number of nitrogens with zero attached hydrogens (tertiary/aromatic N) is 1. The summed E-state index contributed by atoms with van der Waals surface area (Å²) >= 11 is 0. The van der Waals surface area contributed by atoms with E-state index in [1.807, 2.05) is 42.5 Å². The maximum atomic E-state index is 5.95. The summed E-state index contributed by atoms with van der Waals surface area (Å²) in [4.78, 5) is 4.39. The lowest BCUT2D eigenvalue weighted by molar-refractivity contribution is 0.254. The van der Waals surface area contributed by atoms with Crippen LogP contribution in [0.3, 0.4) is 0 Å². The van der Waals surface area contributed by atoms with Crippen molar-refractivity contribution in [1.82, 2.24) is 0 Å². The lowest BCUT2D eigenvalue weighted by Crippen LogP contribution is -2.22. The van der Waals surface area contributed by atoms with Gasteiger partial charge in [0.2, 0.25) is 0 Å². The molecule has 0 aromatic heterocycles. The molecule has 5 heteroatoms. The van der Waals surface area contributed by atoms with Crippen LogP contribution in [-0.2, 0) is 13.0 Å². The number of guanidine groups is 1. The average molecular weight is 311 g/mol. The highest BCUT2D eigenvalue weighted by Crippen LogP contribution is 2.35. The molecular weight excluding hydrogens is 290 g/mol. The highest BCUT2D eigenvalue weighted by Gasteiger charge is 2.21. The number of nitrogens with one attached hydrogen (secondary N) is 1. The van der Waals surface area contributed by atoms with E-state index in [2.05, 4.69) is 17.2 Å². The number of hydrogen-bond acceptors (Lipinski definition) is 3. The number of anilines is 1. The van der Waals surface area contributed by atoms with Gasteiger partial charge < -0.3 is 20.5 Å². The van der Waals surface area contributed by atoms with Gasteiger partial charge in [0.25, 0.3) is 0 Å². The van der Waals surface area contributed by atoms with E-state index in [9.17, 15) is 0 Å². The van der Waals surface area contributed by atoms with Crippen molar-refractivity contribution >= 4 is 11.6 Å². The van der Waals surface area contributed by atoms with Crippen LogP contribution < -0.4 is 20.5 Å². The molecule has 0 amide bonds. The van der Waals surface area contributed by atoms with Gasteiger partial charge in [-0.1, -0.05) is 18.2 Å². The summed E-state index contributed by atoms with van der Waals surface area (Å²) in [6, 6.07) is 13.7. The van der Waals surface area contributed by atoms with Gasteiger partial charge in [-0.3, -0.25) is 0 Å². The fraction of sp³-hybridized carbons (Fsp3) is 0.278. The molecule has 1 aliphatic heterocycles. The Kier molecular flexibility index (Phi) is 4.37. The van der Waals surface area contributed by atoms with Gasteiger partial charge in [0.05, 0.1) is 13.7 Å². The SMILES string of the molecule is COc1cc2c(cc1CN=C(N)Nc1ccccc1)OC(C)C2. The minimum atomic E-state index is 0.207. The Labute approximate surface area is 136 Å². The molecule has 3 N–H and O–H groups in total. The van der Waals surface area contributed by atoms with Gasteiger partial charge in [0.15, 0.2) is 5.96 Å². The summed E-state index contributed by atoms with van der Waals surface area (Å²) in [5.74, 6) is 2.10. The molecule has 5 nitrogen and oxygen atoms in total. The predicted octanol–water partition coefficient (Wildman–Crippen LogP) is 2.95. The quantitative estimate of drug-likeness (QED) is 0.673. The zero-order chi connectivity index (χ0) is 16.2. The predicted molar refractivity (Wildman–Crippen MR) is 92.2 cm³/mol. The molecule has 0 fully saturated rings. The summed E-state index contributed by atoms with van der Waals surface area (Å²) < 4.78 is 11.3. The Balaban J connectivity index is 1.75. The summed E-state index contributed by atoms with van der Waals surface area (Å²) in [7, 11) is 1.67. The van der Waals surface area contributed by atoms with Gasteiger partial charge in [-0.2, -0.15) is 0 Å². The Bertz CT molecular complexity index is 714. The number of hydrogen-bond donors (Lipinski definition) is 2. The van der Waals surface area contributed by atoms with Crippen LogP contribution in [0.15, 0.2) is 47.5 Å². The standard InChI is InChI=1S/C18H21N3O2/c1-12-8-13-9-16(22-2)14(10-17(13)23-12)11-20-18(19)21-15-6-4-3-5-7-15/h3-7,9-10,12H,8,11H2,1-2H3,(H3,19,20,21). The van der Waals surface area contributed by atoms with E-state index >= 15 is 0 Å². The largest absolute Gasteiger partial charge is 0.496 e. The molecule has 1 atom stereocenters. The first-order chi connectivity index (χ1) is 11.2. The molecule has 23 heavy (non-hydrogen) atoms. The Morgan fingerprint density at radius 3 is 2.87 bits per heavy atom. The fourth-order valence-electron chi connectivity index (χ4n) is 2.67. The number of methoxy groups -OCH3 is 1. The first kappa shape index (κ1) is 15.2. The van der Waals surface area contributed by atoms with Crippen LogP contribution in [0.4, 0.5) is 5.69 Å². The fourth-order valence-corrected chi connectivity index (χ4v) is 2.67. The number of rotatable bonds is 4. The molecule has 0 radical (unpaired) electrons. The number of ether oxygens (including phenoxy) is 2. The van der Waals surface area contributed by atoms with Crippen molar-refractivity contribution < 1.29 is 9.47 Å². The van der Waals surface area contributed by atoms with Crippen molar-refractivity contribution in [1.29, 1.82) is 0 Å². The minimum absolute atomic E-state index is 0.207. The van der Waals surface area contributed by atoms with Crippen LogP contribution in [0.5, 0.6) is 11.5 Å². The number of benzene rings is 2. The lowest BCUT2D eigenvalue weighted by atomic mass is 10.1. The Morgan fingerprint density at radius 1 is 1.35 bits per heavy atom. The van der Waals surface area contributed by atoms with E-state index in [1.165, 1.54) is 5.56 Å². The second-order valence-corrected chi connectivity index (χ2v) is 5.60. The normalized spacial score (nSPS) is 16.6. The third kappa shape index (κ3) is 3.56. The van der Waals surface area contributed by atoms with E-state index < -0.39 is 0 Å². The number of nitrogens with two attached hydrogens (primary N) is 1. The van der Waals surface area contributed by atoms with E-state index in [-0.39, 0.29) is 6.10 Å². The van der Waals surface area contributed by atoms with Crippen molar-refractivity contribution in [2.75, 3.05) is 12.4 Å². The van der Waals surface area contributed by atoms with Crippen LogP contribution in [0.2, 0.25) is 0 Å². The first-order valence-electron chi connectivity index (χ1n) is 7.64. The molecule has 3 rings (SSSR count). The van der Waals surface area contributed by atoms with E-state index in [1.54, 1.807) is 7.11 Å². The second-order valence-electron chi connectivity index (χ2n) is 5.60. The number of para-hydroxylation sites is 1. The zero-order valence-corrected chi connectivity index (χ0v) is 13.4. The summed E-state index contributed by atoms with van der Waals surface area (Å²) in [5, 5.41) is 3.06. The van der Waals surface area contributed by atoms with Crippen molar-refractivity contribution in [3.8, 4) is 11.5 Å². The molecule has 1 heterocycles. The van der Waals surface area contributed by atoms with Gasteiger partial charge >= 0.3 is 0 Å². The van der Waals surface area contributed by atoms with Crippen molar-refractivity contribution in [2.45, 2.75) is 26.0 Å². The smallest absolute Gasteiger partial charge is 0.193 e. The maximum absolute atomic E-state index is 5.95. The summed E-state index contributed by atoms with van der Waals surface area (Å²) in [6.07, 6.45) is 1.12. The molecule has 1 aliphatic rings. The van der Waals surface area contributed by atoms with E-state index in [0.29, 0.717) is 12.5 Å². The van der Waals surface area contributed by atoms with E-state index in [0.717, 1.165) is 29.2 Å². The van der Waals surface area contributed by atoms with Crippen LogP contribution in [-0.4, -0.2) is 19.2 Å². The third-order valence-corrected chi connectivity index (χ3v) is 3.77. The van der Waals surface area contributed by atoms with Gasteiger partial charge in [-0.15, -0.1) is 0 Å². The van der Waals surface area contributed by atoms with Crippen LogP contribution >= 0.6 is 0 Å². The van der Waals surface area contributed by atoms with Gasteiger partial charge in [0, 0.05) is 23.2 Å². The van der Waals surface area contributed by atoms with Gasteiger partial charge in [-0.05, 0) is 31.2 Å². The van der Waals surface area contributed by atoms with Crippen LogP contribution in [0.1, 0.15) is 18.1 Å². The van der Waals surface area contributed by atoms with Crippen molar-refractivity contribution in [3.05, 3.63) is 53.6 Å². The number of fused-ring (bicyclic) bond motifs is 1. The minimum Gasteiger partial charge on any atom is -0.496 e. The van der Waals surface area contributed by atoms with Crippen LogP contribution in [0, 0.1) is 0 Å². The Hall–Kier alpha value is -2.69. The number of aliphatic imine (C=N–C) groups is 1. The highest BCUT2D eigenvalue weighted by molar-refractivity contribution is 5.92. The molecule has 2 aromatic carbocycles. The Morgan fingerprint density at radius 2 is 2.13 bits per heavy atom. The molecular formula is C18H21N3O2. The molecule has 0 saturated heterocycles. The first-order valence-corrected chi connectivity index (χ1v) is 7.64. The zero-order valence-electron chi connectivity index (χ0n) is 13.4. The van der Waals surface area contributed by atoms with Gasteiger partial charge in [0.1, 0.15) is 17.6 Å². The molecule has 0 bridgehead atoms. The second kappa shape index (κ2) is 6.60. The molecule has 0 aliphatic carbocycles. The van der Waals surface area contributed by atoms with Crippen LogP contribution in [0.25, 0.3) is 0 Å². The van der Waals surface area contributed by atoms with E-state index in [4.69, 9.17) is 15.2 Å². The molecule has 120 valence electrons. The average Bonchev–Trinajstić information content (AvgIpc) is 2.91. The highest BCUT2D eigenvalue weighted by atomic mass is 16.5. The lowest BCUT2D eigenvalue weighted by Gasteiger charge is -2.10. The molecule has 0 saturated carbocycles. The molecule has 1 unspecified atom stereocenters. The van der Waals surface area contributed by atoms with Gasteiger partial charge in [-0.25, -0.2) is 4.99 Å². The maximum Gasteiger partial charge on any atom is 0.193 e. The summed E-state index contributed by atoms with van der Waals surface area (Å²) in [6.45, 7) is 2.49.